The topological polar surface area (TPSA) is 135 Å². The van der Waals surface area contributed by atoms with E-state index in [2.05, 4.69) is 28.1 Å². The molecule has 3 aromatic rings. The van der Waals surface area contributed by atoms with Crippen LogP contribution in [0.3, 0.4) is 0 Å². The van der Waals surface area contributed by atoms with E-state index in [-0.39, 0.29) is 23.2 Å². The van der Waals surface area contributed by atoms with Gasteiger partial charge in [-0.3, -0.25) is 14.4 Å². The number of para-hydroxylation sites is 1. The normalized spacial score (nSPS) is 13.2. The van der Waals surface area contributed by atoms with Crippen molar-refractivity contribution in [3.05, 3.63) is 89.5 Å². The summed E-state index contributed by atoms with van der Waals surface area (Å²) in [4.78, 5) is 50.1. The fourth-order valence-corrected chi connectivity index (χ4v) is 4.50. The van der Waals surface area contributed by atoms with Crippen molar-refractivity contribution in [2.45, 2.75) is 57.9 Å². The number of hydrogen-bond acceptors (Lipinski definition) is 7. The van der Waals surface area contributed by atoms with Crippen LogP contribution < -0.4 is 25.5 Å². The SMILES string of the molecule is CCCCOc1ccc(C(=O)Oc2ccc(/C=N\NC(=O)C(=O)Nc3ccccc3C(=O)NC3CCCCC3)cc2)cc1. The van der Waals surface area contributed by atoms with E-state index in [1.165, 1.54) is 12.6 Å². The average molecular weight is 585 g/mol. The van der Waals surface area contributed by atoms with Crippen molar-refractivity contribution in [3.63, 3.8) is 0 Å². The lowest BCUT2D eigenvalue weighted by atomic mass is 9.95. The van der Waals surface area contributed by atoms with Gasteiger partial charge in [-0.2, -0.15) is 5.10 Å². The monoisotopic (exact) mass is 584 g/mol. The summed E-state index contributed by atoms with van der Waals surface area (Å²) in [5.41, 5.74) is 3.69. The molecule has 0 radical (unpaired) electrons. The highest BCUT2D eigenvalue weighted by Crippen LogP contribution is 2.20. The molecule has 0 atom stereocenters. The number of rotatable bonds is 11. The van der Waals surface area contributed by atoms with Crippen LogP contribution in [0.4, 0.5) is 5.69 Å². The van der Waals surface area contributed by atoms with Gasteiger partial charge in [0.1, 0.15) is 11.5 Å². The molecule has 3 N–H and O–H groups in total. The molecule has 3 aromatic carbocycles. The molecule has 0 bridgehead atoms. The van der Waals surface area contributed by atoms with Crippen molar-refractivity contribution >= 4 is 35.6 Å². The molecule has 1 saturated carbocycles. The number of esters is 1. The first-order chi connectivity index (χ1) is 20.9. The molecule has 0 saturated heterocycles. The van der Waals surface area contributed by atoms with Gasteiger partial charge in [-0.15, -0.1) is 0 Å². The number of hydrogen-bond donors (Lipinski definition) is 3. The molecule has 3 amide bonds. The minimum Gasteiger partial charge on any atom is -0.494 e. The number of nitrogens with one attached hydrogen (secondary N) is 3. The Balaban J connectivity index is 1.25. The summed E-state index contributed by atoms with van der Waals surface area (Å²) in [6.07, 6.45) is 8.53. The average Bonchev–Trinajstić information content (AvgIpc) is 3.03. The molecule has 0 aliphatic heterocycles. The lowest BCUT2D eigenvalue weighted by Gasteiger charge is -2.23. The molecular weight excluding hydrogens is 548 g/mol. The van der Waals surface area contributed by atoms with E-state index >= 15 is 0 Å². The summed E-state index contributed by atoms with van der Waals surface area (Å²) < 4.78 is 11.0. The molecular formula is C33H36N4O6. The van der Waals surface area contributed by atoms with Gasteiger partial charge in [-0.1, -0.05) is 44.7 Å². The number of anilines is 1. The molecule has 0 spiro atoms. The highest BCUT2D eigenvalue weighted by molar-refractivity contribution is 6.40. The van der Waals surface area contributed by atoms with Crippen LogP contribution in [0, 0.1) is 0 Å². The van der Waals surface area contributed by atoms with Crippen molar-refractivity contribution in [1.29, 1.82) is 0 Å². The van der Waals surface area contributed by atoms with Gasteiger partial charge in [0.05, 0.1) is 29.6 Å². The standard InChI is InChI=1S/C33H36N4O6/c1-2-3-21-42-26-19-15-24(16-20-26)33(41)43-27-17-13-23(14-18-27)22-34-37-32(40)31(39)36-29-12-8-7-11-28(29)30(38)35-25-9-5-4-6-10-25/h7-8,11-20,22,25H,2-6,9-10,21H2,1H3,(H,35,38)(H,36,39)(H,37,40)/b34-22-. The Morgan fingerprint density at radius 3 is 2.28 bits per heavy atom. The van der Waals surface area contributed by atoms with Gasteiger partial charge in [-0.25, -0.2) is 10.2 Å². The maximum Gasteiger partial charge on any atom is 0.343 e. The summed E-state index contributed by atoms with van der Waals surface area (Å²) >= 11 is 0. The quantitative estimate of drug-likeness (QED) is 0.0705. The van der Waals surface area contributed by atoms with Crippen molar-refractivity contribution in [2.75, 3.05) is 11.9 Å². The molecule has 1 aliphatic rings. The zero-order valence-electron chi connectivity index (χ0n) is 24.1. The van der Waals surface area contributed by atoms with Crippen LogP contribution in [0.15, 0.2) is 77.9 Å². The van der Waals surface area contributed by atoms with E-state index in [0.29, 0.717) is 29.2 Å². The summed E-state index contributed by atoms with van der Waals surface area (Å²) in [7, 11) is 0. The highest BCUT2D eigenvalue weighted by Gasteiger charge is 2.21. The van der Waals surface area contributed by atoms with E-state index in [1.807, 2.05) is 0 Å². The number of unbranched alkanes of at least 4 members (excludes halogenated alkanes) is 1. The van der Waals surface area contributed by atoms with Crippen molar-refractivity contribution < 1.29 is 28.7 Å². The minimum absolute atomic E-state index is 0.108. The fraction of sp³-hybridized carbons (Fsp3) is 0.303. The largest absolute Gasteiger partial charge is 0.494 e. The Hall–Kier alpha value is -4.99. The van der Waals surface area contributed by atoms with Crippen molar-refractivity contribution in [3.8, 4) is 11.5 Å². The third kappa shape index (κ3) is 9.53. The smallest absolute Gasteiger partial charge is 0.343 e. The van der Waals surface area contributed by atoms with Gasteiger partial charge in [0.25, 0.3) is 5.91 Å². The van der Waals surface area contributed by atoms with Crippen molar-refractivity contribution in [1.82, 2.24) is 10.7 Å². The number of ether oxygens (including phenoxy) is 2. The van der Waals surface area contributed by atoms with E-state index in [9.17, 15) is 19.2 Å². The molecule has 10 heteroatoms. The Kier molecular flexibility index (Phi) is 11.4. The third-order valence-corrected chi connectivity index (χ3v) is 6.89. The number of carbonyl (C=O) groups is 4. The Morgan fingerprint density at radius 1 is 0.860 bits per heavy atom. The second kappa shape index (κ2) is 15.9. The lowest BCUT2D eigenvalue weighted by molar-refractivity contribution is -0.136. The fourth-order valence-electron chi connectivity index (χ4n) is 4.50. The highest BCUT2D eigenvalue weighted by atomic mass is 16.5. The predicted molar refractivity (Wildman–Crippen MR) is 163 cm³/mol. The second-order valence-electron chi connectivity index (χ2n) is 10.2. The van der Waals surface area contributed by atoms with Gasteiger partial charge in [0, 0.05) is 6.04 Å². The number of carbonyl (C=O) groups excluding carboxylic acids is 4. The third-order valence-electron chi connectivity index (χ3n) is 6.89. The Labute approximate surface area is 250 Å². The first-order valence-electron chi connectivity index (χ1n) is 14.5. The number of benzene rings is 3. The summed E-state index contributed by atoms with van der Waals surface area (Å²) in [6, 6.07) is 19.9. The van der Waals surface area contributed by atoms with E-state index in [1.54, 1.807) is 72.8 Å². The molecule has 224 valence electrons. The molecule has 1 fully saturated rings. The Morgan fingerprint density at radius 2 is 1.56 bits per heavy atom. The van der Waals surface area contributed by atoms with Gasteiger partial charge in [0.2, 0.25) is 0 Å². The molecule has 1 aliphatic carbocycles. The summed E-state index contributed by atoms with van der Waals surface area (Å²) in [5.74, 6) is -1.72. The molecule has 10 nitrogen and oxygen atoms in total. The van der Waals surface area contributed by atoms with E-state index in [0.717, 1.165) is 38.5 Å². The van der Waals surface area contributed by atoms with E-state index < -0.39 is 17.8 Å². The van der Waals surface area contributed by atoms with E-state index in [4.69, 9.17) is 9.47 Å². The van der Waals surface area contributed by atoms with Crippen LogP contribution >= 0.6 is 0 Å². The maximum atomic E-state index is 12.8. The minimum atomic E-state index is -0.994. The zero-order valence-corrected chi connectivity index (χ0v) is 24.1. The van der Waals surface area contributed by atoms with Crippen LogP contribution in [0.1, 0.15) is 78.1 Å². The first kappa shape index (κ1) is 31.0. The number of hydrazone groups is 1. The molecule has 0 heterocycles. The molecule has 43 heavy (non-hydrogen) atoms. The van der Waals surface area contributed by atoms with Crippen molar-refractivity contribution in [2.24, 2.45) is 5.10 Å². The molecule has 4 rings (SSSR count). The van der Waals surface area contributed by atoms with Crippen LogP contribution in [0.5, 0.6) is 11.5 Å². The maximum absolute atomic E-state index is 12.8. The lowest BCUT2D eigenvalue weighted by Crippen LogP contribution is -2.37. The second-order valence-corrected chi connectivity index (χ2v) is 10.2. The van der Waals surface area contributed by atoms with Gasteiger partial charge >= 0.3 is 17.8 Å². The van der Waals surface area contributed by atoms with Crippen LogP contribution in [-0.2, 0) is 9.59 Å². The number of amides is 3. The van der Waals surface area contributed by atoms with Gasteiger partial charge < -0.3 is 20.1 Å². The van der Waals surface area contributed by atoms with Gasteiger partial charge in [-0.05, 0) is 85.5 Å². The molecule has 0 unspecified atom stereocenters. The van der Waals surface area contributed by atoms with Crippen LogP contribution in [0.25, 0.3) is 0 Å². The molecule has 0 aromatic heterocycles. The predicted octanol–water partition coefficient (Wildman–Crippen LogP) is 5.24. The summed E-state index contributed by atoms with van der Waals surface area (Å²) in [6.45, 7) is 2.71. The zero-order chi connectivity index (χ0) is 30.4. The number of nitrogens with zero attached hydrogens (tertiary/aromatic N) is 1. The van der Waals surface area contributed by atoms with Crippen LogP contribution in [-0.4, -0.2) is 42.6 Å². The Bertz CT molecular complexity index is 1430. The first-order valence-corrected chi connectivity index (χ1v) is 14.5. The van der Waals surface area contributed by atoms with Crippen LogP contribution in [0.2, 0.25) is 0 Å². The van der Waals surface area contributed by atoms with Gasteiger partial charge in [0.15, 0.2) is 0 Å². The summed E-state index contributed by atoms with van der Waals surface area (Å²) in [5, 5.41) is 9.33.